The molecule has 2 rings (SSSR count). The van der Waals surface area contributed by atoms with E-state index in [0.29, 0.717) is 11.1 Å². The van der Waals surface area contributed by atoms with E-state index >= 15 is 0 Å². The van der Waals surface area contributed by atoms with Crippen molar-refractivity contribution in [2.75, 3.05) is 12.4 Å². The van der Waals surface area contributed by atoms with Crippen molar-refractivity contribution in [1.29, 1.82) is 0 Å². The van der Waals surface area contributed by atoms with E-state index in [1.807, 2.05) is 26.0 Å². The highest BCUT2D eigenvalue weighted by Crippen LogP contribution is 2.23. The molecule has 5 nitrogen and oxygen atoms in total. The van der Waals surface area contributed by atoms with E-state index in [0.717, 1.165) is 16.4 Å². The van der Waals surface area contributed by atoms with Gasteiger partial charge in [-0.2, -0.15) is 0 Å². The fourth-order valence-electron chi connectivity index (χ4n) is 1.27. The van der Waals surface area contributed by atoms with Gasteiger partial charge in [-0.05, 0) is 37.7 Å². The van der Waals surface area contributed by atoms with Crippen molar-refractivity contribution >= 4 is 17.7 Å². The minimum Gasteiger partial charge on any atom is -0.357 e. The average molecular weight is 247 g/mol. The van der Waals surface area contributed by atoms with Gasteiger partial charge in [0.2, 0.25) is 5.95 Å². The third-order valence-electron chi connectivity index (χ3n) is 2.02. The summed E-state index contributed by atoms with van der Waals surface area (Å²) in [5, 5.41) is 4.47. The molecule has 0 radical (unpaired) electrons. The van der Waals surface area contributed by atoms with Gasteiger partial charge >= 0.3 is 0 Å². The summed E-state index contributed by atoms with van der Waals surface area (Å²) in [5.41, 5.74) is 1.86. The maximum atomic E-state index is 4.34. The van der Waals surface area contributed by atoms with Crippen LogP contribution in [0.5, 0.6) is 0 Å². The lowest BCUT2D eigenvalue weighted by molar-refractivity contribution is 0.923. The van der Waals surface area contributed by atoms with Crippen LogP contribution in [0.15, 0.2) is 28.5 Å². The van der Waals surface area contributed by atoms with Crippen LogP contribution in [-0.2, 0) is 0 Å². The van der Waals surface area contributed by atoms with Gasteiger partial charge in [-0.3, -0.25) is 0 Å². The smallest absolute Gasteiger partial charge is 0.223 e. The van der Waals surface area contributed by atoms with Gasteiger partial charge < -0.3 is 5.32 Å². The molecule has 88 valence electrons. The summed E-state index contributed by atoms with van der Waals surface area (Å²) in [5.74, 6) is 0.611. The molecule has 0 aliphatic carbocycles. The molecule has 0 saturated carbocycles. The van der Waals surface area contributed by atoms with Gasteiger partial charge in [-0.25, -0.2) is 19.9 Å². The summed E-state index contributed by atoms with van der Waals surface area (Å²) in [4.78, 5) is 17.1. The summed E-state index contributed by atoms with van der Waals surface area (Å²) < 4.78 is 0. The molecular formula is C11H13N5S. The first-order valence-electron chi connectivity index (χ1n) is 5.18. The summed E-state index contributed by atoms with van der Waals surface area (Å²) in [6, 6.07) is 3.78. The summed E-state index contributed by atoms with van der Waals surface area (Å²) >= 11 is 1.43. The van der Waals surface area contributed by atoms with Crippen LogP contribution < -0.4 is 5.32 Å². The van der Waals surface area contributed by atoms with Gasteiger partial charge in [0, 0.05) is 24.6 Å². The molecule has 0 aromatic carbocycles. The number of aryl methyl sites for hydroxylation is 2. The van der Waals surface area contributed by atoms with E-state index in [9.17, 15) is 0 Å². The van der Waals surface area contributed by atoms with Gasteiger partial charge in [-0.15, -0.1) is 0 Å². The first-order valence-corrected chi connectivity index (χ1v) is 6.00. The molecule has 2 aromatic heterocycles. The highest BCUT2D eigenvalue weighted by Gasteiger charge is 2.05. The van der Waals surface area contributed by atoms with E-state index in [4.69, 9.17) is 0 Å². The molecule has 0 aliphatic heterocycles. The number of nitrogens with one attached hydrogen (secondary N) is 1. The Labute approximate surface area is 104 Å². The Morgan fingerprint density at radius 1 is 1.12 bits per heavy atom. The van der Waals surface area contributed by atoms with E-state index in [2.05, 4.69) is 25.3 Å². The van der Waals surface area contributed by atoms with Gasteiger partial charge in [0.1, 0.15) is 5.03 Å². The SMILES string of the molecule is CNc1nc(C)cc(Sc2nccc(C)n2)n1. The normalized spacial score (nSPS) is 10.3. The largest absolute Gasteiger partial charge is 0.357 e. The van der Waals surface area contributed by atoms with Crippen molar-refractivity contribution in [1.82, 2.24) is 19.9 Å². The molecule has 17 heavy (non-hydrogen) atoms. The lowest BCUT2D eigenvalue weighted by Crippen LogP contribution is -1.99. The van der Waals surface area contributed by atoms with Crippen molar-refractivity contribution < 1.29 is 0 Å². The topological polar surface area (TPSA) is 63.6 Å². The third-order valence-corrected chi connectivity index (χ3v) is 2.82. The minimum atomic E-state index is 0.611. The Bertz CT molecular complexity index is 529. The molecule has 0 amide bonds. The fraction of sp³-hybridized carbons (Fsp3) is 0.273. The second-order valence-electron chi connectivity index (χ2n) is 3.50. The van der Waals surface area contributed by atoms with E-state index in [-0.39, 0.29) is 0 Å². The Balaban J connectivity index is 2.26. The van der Waals surface area contributed by atoms with Crippen molar-refractivity contribution in [2.45, 2.75) is 24.0 Å². The number of hydrogen-bond acceptors (Lipinski definition) is 6. The first kappa shape index (κ1) is 11.8. The Morgan fingerprint density at radius 2 is 1.94 bits per heavy atom. The summed E-state index contributed by atoms with van der Waals surface area (Å²) in [7, 11) is 1.80. The van der Waals surface area contributed by atoms with Gasteiger partial charge in [0.25, 0.3) is 0 Å². The van der Waals surface area contributed by atoms with Gasteiger partial charge in [0.05, 0.1) is 0 Å². The lowest BCUT2D eigenvalue weighted by atomic mass is 10.5. The van der Waals surface area contributed by atoms with Crippen molar-refractivity contribution in [3.05, 3.63) is 29.7 Å². The zero-order valence-corrected chi connectivity index (χ0v) is 10.7. The predicted molar refractivity (Wildman–Crippen MR) is 67.2 cm³/mol. The van der Waals surface area contributed by atoms with Crippen molar-refractivity contribution in [3.8, 4) is 0 Å². The number of rotatable bonds is 3. The van der Waals surface area contributed by atoms with Crippen molar-refractivity contribution in [2.24, 2.45) is 0 Å². The number of hydrogen-bond donors (Lipinski definition) is 1. The van der Waals surface area contributed by atoms with Crippen LogP contribution in [0.1, 0.15) is 11.4 Å². The summed E-state index contributed by atoms with van der Waals surface area (Å²) in [6.45, 7) is 3.87. The van der Waals surface area contributed by atoms with Crippen LogP contribution in [0, 0.1) is 13.8 Å². The molecule has 0 fully saturated rings. The fourth-order valence-corrected chi connectivity index (χ4v) is 2.12. The van der Waals surface area contributed by atoms with Crippen LogP contribution in [0.4, 0.5) is 5.95 Å². The van der Waals surface area contributed by atoms with Crippen LogP contribution in [0.25, 0.3) is 0 Å². The maximum Gasteiger partial charge on any atom is 0.223 e. The molecular weight excluding hydrogens is 234 g/mol. The van der Waals surface area contributed by atoms with E-state index in [1.165, 1.54) is 11.8 Å². The number of aromatic nitrogens is 4. The molecule has 2 aromatic rings. The highest BCUT2D eigenvalue weighted by molar-refractivity contribution is 7.99. The Morgan fingerprint density at radius 3 is 2.65 bits per heavy atom. The second-order valence-corrected chi connectivity index (χ2v) is 4.49. The molecule has 0 unspecified atom stereocenters. The molecule has 0 aliphatic rings. The second kappa shape index (κ2) is 5.09. The Hall–Kier alpha value is -1.69. The van der Waals surface area contributed by atoms with Crippen LogP contribution >= 0.6 is 11.8 Å². The zero-order valence-electron chi connectivity index (χ0n) is 9.93. The van der Waals surface area contributed by atoms with Gasteiger partial charge in [0.15, 0.2) is 5.16 Å². The molecule has 2 heterocycles. The molecule has 0 saturated heterocycles. The van der Waals surface area contributed by atoms with Gasteiger partial charge in [-0.1, -0.05) is 0 Å². The number of nitrogens with zero attached hydrogens (tertiary/aromatic N) is 4. The lowest BCUT2D eigenvalue weighted by Gasteiger charge is -2.04. The molecule has 0 spiro atoms. The number of anilines is 1. The molecule has 1 N–H and O–H groups in total. The quantitative estimate of drug-likeness (QED) is 0.661. The maximum absolute atomic E-state index is 4.34. The van der Waals surface area contributed by atoms with Crippen molar-refractivity contribution in [3.63, 3.8) is 0 Å². The third kappa shape index (κ3) is 3.13. The first-order chi connectivity index (χ1) is 8.17. The average Bonchev–Trinajstić information content (AvgIpc) is 2.28. The van der Waals surface area contributed by atoms with Crippen LogP contribution in [0.3, 0.4) is 0 Å². The predicted octanol–water partition coefficient (Wildman–Crippen LogP) is 2.08. The Kier molecular flexibility index (Phi) is 3.53. The van der Waals surface area contributed by atoms with Crippen LogP contribution in [0.2, 0.25) is 0 Å². The molecule has 6 heteroatoms. The van der Waals surface area contributed by atoms with Crippen LogP contribution in [-0.4, -0.2) is 27.0 Å². The minimum absolute atomic E-state index is 0.611. The zero-order chi connectivity index (χ0) is 12.3. The standard InChI is InChI=1S/C11H13N5S/c1-7-4-5-13-11(15-7)17-9-6-8(2)14-10(12-3)16-9/h4-6H,1-3H3,(H,12,14,16). The summed E-state index contributed by atoms with van der Waals surface area (Å²) in [6.07, 6.45) is 1.75. The highest BCUT2D eigenvalue weighted by atomic mass is 32.2. The van der Waals surface area contributed by atoms with E-state index in [1.54, 1.807) is 13.2 Å². The van der Waals surface area contributed by atoms with E-state index < -0.39 is 0 Å². The monoisotopic (exact) mass is 247 g/mol. The molecule has 0 atom stereocenters. The molecule has 0 bridgehead atoms.